The van der Waals surface area contributed by atoms with E-state index in [1.54, 1.807) is 6.08 Å². The van der Waals surface area contributed by atoms with Gasteiger partial charge in [0.15, 0.2) is 0 Å². The number of nitrogens with zero attached hydrogens (tertiary/aromatic N) is 1. The second-order valence-electron chi connectivity index (χ2n) is 4.04. The van der Waals surface area contributed by atoms with Crippen LogP contribution in [0.5, 0.6) is 0 Å². The summed E-state index contributed by atoms with van der Waals surface area (Å²) >= 11 is 0. The van der Waals surface area contributed by atoms with Gasteiger partial charge in [0.2, 0.25) is 0 Å². The molecule has 0 aliphatic heterocycles. The van der Waals surface area contributed by atoms with Crippen LogP contribution in [0.1, 0.15) is 21.5 Å². The van der Waals surface area contributed by atoms with E-state index in [1.807, 2.05) is 30.3 Å². The molecular formula is C15H11NO4. The monoisotopic (exact) mass is 269 g/mol. The molecule has 0 aliphatic rings. The van der Waals surface area contributed by atoms with Gasteiger partial charge >= 0.3 is 5.97 Å². The van der Waals surface area contributed by atoms with Crippen LogP contribution in [-0.2, 0) is 0 Å². The van der Waals surface area contributed by atoms with Gasteiger partial charge in [-0.15, -0.1) is 0 Å². The lowest BCUT2D eigenvalue weighted by Crippen LogP contribution is -2.02. The molecule has 2 rings (SSSR count). The zero-order valence-corrected chi connectivity index (χ0v) is 10.4. The third-order valence-corrected chi connectivity index (χ3v) is 2.75. The van der Waals surface area contributed by atoms with Crippen molar-refractivity contribution in [3.63, 3.8) is 0 Å². The molecule has 0 fully saturated rings. The highest BCUT2D eigenvalue weighted by Gasteiger charge is 2.18. The predicted octanol–water partition coefficient (Wildman–Crippen LogP) is 3.46. The number of hydrogen-bond acceptors (Lipinski definition) is 3. The Hall–Kier alpha value is -2.95. The molecule has 0 unspecified atom stereocenters. The van der Waals surface area contributed by atoms with Crippen molar-refractivity contribution in [1.29, 1.82) is 0 Å². The molecule has 0 atom stereocenters. The van der Waals surface area contributed by atoms with E-state index in [0.717, 1.165) is 5.56 Å². The summed E-state index contributed by atoms with van der Waals surface area (Å²) < 4.78 is 0. The van der Waals surface area contributed by atoms with E-state index >= 15 is 0 Å². The molecule has 0 spiro atoms. The molecular weight excluding hydrogens is 258 g/mol. The summed E-state index contributed by atoms with van der Waals surface area (Å²) in [5, 5.41) is 20.1. The Labute approximate surface area is 115 Å². The smallest absolute Gasteiger partial charge is 0.336 e. The normalized spacial score (nSPS) is 10.6. The van der Waals surface area contributed by atoms with E-state index in [1.165, 1.54) is 24.3 Å². The molecule has 0 saturated heterocycles. The van der Waals surface area contributed by atoms with E-state index < -0.39 is 10.9 Å². The van der Waals surface area contributed by atoms with Crippen LogP contribution in [0.25, 0.3) is 12.2 Å². The van der Waals surface area contributed by atoms with Gasteiger partial charge in [-0.2, -0.15) is 0 Å². The maximum absolute atomic E-state index is 11.2. The maximum atomic E-state index is 11.2. The first-order chi connectivity index (χ1) is 9.59. The molecule has 5 nitrogen and oxygen atoms in total. The van der Waals surface area contributed by atoms with Crippen LogP contribution in [-0.4, -0.2) is 16.0 Å². The van der Waals surface area contributed by atoms with E-state index in [0.29, 0.717) is 0 Å². The standard InChI is InChI=1S/C15H11NO4/c17-15(18)13-7-4-8-14(16(19)20)12(13)10-9-11-5-2-1-3-6-11/h1-10H,(H,17,18)/b10-9+. The van der Waals surface area contributed by atoms with Crippen molar-refractivity contribution < 1.29 is 14.8 Å². The highest BCUT2D eigenvalue weighted by molar-refractivity contribution is 5.95. The van der Waals surface area contributed by atoms with E-state index in [2.05, 4.69) is 0 Å². The summed E-state index contributed by atoms with van der Waals surface area (Å²) in [7, 11) is 0. The molecule has 0 amide bonds. The lowest BCUT2D eigenvalue weighted by molar-refractivity contribution is -0.385. The second-order valence-corrected chi connectivity index (χ2v) is 4.04. The Morgan fingerprint density at radius 2 is 1.75 bits per heavy atom. The molecule has 0 heterocycles. The average Bonchev–Trinajstić information content (AvgIpc) is 2.45. The molecule has 2 aromatic rings. The first kappa shape index (κ1) is 13.5. The number of carboxylic acids is 1. The minimum atomic E-state index is -1.19. The summed E-state index contributed by atoms with van der Waals surface area (Å²) in [5.74, 6) is -1.19. The van der Waals surface area contributed by atoms with Gasteiger partial charge in [-0.05, 0) is 17.7 Å². The Morgan fingerprint density at radius 3 is 2.35 bits per heavy atom. The molecule has 0 aliphatic carbocycles. The topological polar surface area (TPSA) is 80.4 Å². The fraction of sp³-hybridized carbons (Fsp3) is 0. The van der Waals surface area contributed by atoms with E-state index in [9.17, 15) is 14.9 Å². The van der Waals surface area contributed by atoms with Crippen molar-refractivity contribution in [2.24, 2.45) is 0 Å². The van der Waals surface area contributed by atoms with Gasteiger partial charge in [0.1, 0.15) is 0 Å². The minimum absolute atomic E-state index is 0.0913. The number of rotatable bonds is 4. The van der Waals surface area contributed by atoms with Crippen molar-refractivity contribution in [1.82, 2.24) is 0 Å². The number of hydrogen-bond donors (Lipinski definition) is 1. The number of benzene rings is 2. The molecule has 0 radical (unpaired) electrons. The molecule has 0 bridgehead atoms. The highest BCUT2D eigenvalue weighted by atomic mass is 16.6. The molecule has 1 N–H and O–H groups in total. The van der Waals surface area contributed by atoms with Crippen LogP contribution in [0.4, 0.5) is 5.69 Å². The van der Waals surface area contributed by atoms with Crippen molar-refractivity contribution in [2.45, 2.75) is 0 Å². The zero-order chi connectivity index (χ0) is 14.5. The Bertz CT molecular complexity index is 645. The number of nitro benzene ring substituents is 1. The van der Waals surface area contributed by atoms with Gasteiger partial charge in [0, 0.05) is 6.07 Å². The molecule has 2 aromatic carbocycles. The van der Waals surface area contributed by atoms with Gasteiger partial charge in [-0.25, -0.2) is 4.79 Å². The van der Waals surface area contributed by atoms with Crippen molar-refractivity contribution >= 4 is 23.8 Å². The molecule has 100 valence electrons. The molecule has 0 aromatic heterocycles. The second kappa shape index (κ2) is 5.79. The minimum Gasteiger partial charge on any atom is -0.478 e. The Morgan fingerprint density at radius 1 is 1.05 bits per heavy atom. The lowest BCUT2D eigenvalue weighted by Gasteiger charge is -2.02. The summed E-state index contributed by atoms with van der Waals surface area (Å²) in [6.45, 7) is 0. The van der Waals surface area contributed by atoms with Crippen LogP contribution in [0.3, 0.4) is 0 Å². The third kappa shape index (κ3) is 2.89. The fourth-order valence-corrected chi connectivity index (χ4v) is 1.82. The Kier molecular flexibility index (Phi) is 3.91. The van der Waals surface area contributed by atoms with Crippen molar-refractivity contribution in [3.05, 3.63) is 75.3 Å². The summed E-state index contributed by atoms with van der Waals surface area (Å²) in [5.41, 5.74) is 0.610. The summed E-state index contributed by atoms with van der Waals surface area (Å²) in [6, 6.07) is 13.2. The Balaban J connectivity index is 2.51. The van der Waals surface area contributed by atoms with Crippen LogP contribution < -0.4 is 0 Å². The van der Waals surface area contributed by atoms with E-state index in [-0.39, 0.29) is 16.8 Å². The summed E-state index contributed by atoms with van der Waals surface area (Å²) in [6.07, 6.45) is 3.10. The van der Waals surface area contributed by atoms with Crippen LogP contribution in [0.2, 0.25) is 0 Å². The zero-order valence-electron chi connectivity index (χ0n) is 10.4. The average molecular weight is 269 g/mol. The first-order valence-electron chi connectivity index (χ1n) is 5.83. The fourth-order valence-electron chi connectivity index (χ4n) is 1.82. The van der Waals surface area contributed by atoms with Crippen LogP contribution >= 0.6 is 0 Å². The van der Waals surface area contributed by atoms with E-state index in [4.69, 9.17) is 5.11 Å². The van der Waals surface area contributed by atoms with Crippen molar-refractivity contribution in [2.75, 3.05) is 0 Å². The van der Waals surface area contributed by atoms with Gasteiger partial charge in [0.25, 0.3) is 5.69 Å². The van der Waals surface area contributed by atoms with Crippen molar-refractivity contribution in [3.8, 4) is 0 Å². The highest BCUT2D eigenvalue weighted by Crippen LogP contribution is 2.24. The van der Waals surface area contributed by atoms with Gasteiger partial charge < -0.3 is 5.11 Å². The maximum Gasteiger partial charge on any atom is 0.336 e. The van der Waals surface area contributed by atoms with Crippen LogP contribution in [0, 0.1) is 10.1 Å². The number of carbonyl (C=O) groups is 1. The number of nitro groups is 1. The third-order valence-electron chi connectivity index (χ3n) is 2.75. The van der Waals surface area contributed by atoms with Gasteiger partial charge in [-0.3, -0.25) is 10.1 Å². The van der Waals surface area contributed by atoms with Gasteiger partial charge in [0.05, 0.1) is 16.1 Å². The predicted molar refractivity (Wildman–Crippen MR) is 75.4 cm³/mol. The van der Waals surface area contributed by atoms with Gasteiger partial charge in [-0.1, -0.05) is 42.5 Å². The molecule has 0 saturated carbocycles. The largest absolute Gasteiger partial charge is 0.478 e. The SMILES string of the molecule is O=C(O)c1cccc([N+](=O)[O-])c1/C=C/c1ccccc1. The first-order valence-corrected chi connectivity index (χ1v) is 5.83. The number of aromatic carboxylic acids is 1. The molecule has 20 heavy (non-hydrogen) atoms. The molecule has 5 heteroatoms. The quantitative estimate of drug-likeness (QED) is 0.523. The summed E-state index contributed by atoms with van der Waals surface area (Å²) in [4.78, 5) is 21.6. The van der Waals surface area contributed by atoms with Crippen LogP contribution in [0.15, 0.2) is 48.5 Å². The number of carboxylic acid groups (broad SMARTS) is 1. The lowest BCUT2D eigenvalue weighted by atomic mass is 10.0.